The Hall–Kier alpha value is -1.59. The zero-order chi connectivity index (χ0) is 12.5. The van der Waals surface area contributed by atoms with E-state index in [1.165, 1.54) is 5.56 Å². The monoisotopic (exact) mass is 247 g/mol. The van der Waals surface area contributed by atoms with Crippen LogP contribution in [0.25, 0.3) is 11.1 Å². The van der Waals surface area contributed by atoms with Gasteiger partial charge in [-0.25, -0.2) is 4.79 Å². The molecule has 0 spiro atoms. The Balaban J connectivity index is 1.79. The van der Waals surface area contributed by atoms with E-state index >= 15 is 0 Å². The molecule has 2 aromatic rings. The zero-order valence-electron chi connectivity index (χ0n) is 10.4. The van der Waals surface area contributed by atoms with E-state index in [0.29, 0.717) is 11.6 Å². The number of likely N-dealkylation sites (N-methyl/N-ethyl adjacent to an activating group) is 1. The maximum Gasteiger partial charge on any atom is 0.417 e. The minimum absolute atomic E-state index is 0.391. The molecule has 0 bridgehead atoms. The van der Waals surface area contributed by atoms with E-state index < -0.39 is 5.76 Å². The minimum atomic E-state index is -0.391. The second-order valence-electron chi connectivity index (χ2n) is 4.96. The van der Waals surface area contributed by atoms with Gasteiger partial charge in [-0.15, -0.1) is 0 Å². The number of nitrogens with zero attached hydrogens (tertiary/aromatic N) is 1. The highest BCUT2D eigenvalue weighted by Gasteiger charge is 2.16. The number of nitrogens with one attached hydrogen (secondary N) is 2. The number of aromatic amines is 1. The van der Waals surface area contributed by atoms with Crippen LogP contribution in [-0.2, 0) is 6.42 Å². The number of fused-ring (bicyclic) bond motifs is 1. The Labute approximate surface area is 105 Å². The lowest BCUT2D eigenvalue weighted by Crippen LogP contribution is -2.49. The van der Waals surface area contributed by atoms with Gasteiger partial charge in [-0.3, -0.25) is 4.98 Å². The summed E-state index contributed by atoms with van der Waals surface area (Å²) < 4.78 is 4.99. The fourth-order valence-corrected chi connectivity index (χ4v) is 2.54. The van der Waals surface area contributed by atoms with Gasteiger partial charge in [0.2, 0.25) is 0 Å². The van der Waals surface area contributed by atoms with Gasteiger partial charge in [-0.2, -0.15) is 0 Å². The van der Waals surface area contributed by atoms with Gasteiger partial charge in [-0.1, -0.05) is 6.07 Å². The Bertz CT molecular complexity index is 602. The van der Waals surface area contributed by atoms with Crippen LogP contribution in [0.1, 0.15) is 5.56 Å². The molecule has 0 amide bonds. The van der Waals surface area contributed by atoms with E-state index in [1.54, 1.807) is 0 Å². The smallest absolute Gasteiger partial charge is 0.408 e. The molecule has 1 atom stereocenters. The Morgan fingerprint density at radius 1 is 1.50 bits per heavy atom. The van der Waals surface area contributed by atoms with Gasteiger partial charge in [-0.05, 0) is 31.2 Å². The summed E-state index contributed by atoms with van der Waals surface area (Å²) in [5, 5.41) is 3.51. The van der Waals surface area contributed by atoms with E-state index in [1.807, 2.05) is 18.2 Å². The van der Waals surface area contributed by atoms with Crippen LogP contribution in [0, 0.1) is 0 Å². The topological polar surface area (TPSA) is 61.3 Å². The molecular formula is C13H17N3O2. The van der Waals surface area contributed by atoms with Crippen molar-refractivity contribution in [2.24, 2.45) is 0 Å². The van der Waals surface area contributed by atoms with Crippen LogP contribution < -0.4 is 11.1 Å². The first-order valence-corrected chi connectivity index (χ1v) is 6.24. The van der Waals surface area contributed by atoms with E-state index in [4.69, 9.17) is 4.42 Å². The molecular weight excluding hydrogens is 230 g/mol. The van der Waals surface area contributed by atoms with Gasteiger partial charge in [0.15, 0.2) is 5.58 Å². The number of benzene rings is 1. The first kappa shape index (κ1) is 11.5. The lowest BCUT2D eigenvalue weighted by atomic mass is 10.0. The first-order chi connectivity index (χ1) is 8.70. The van der Waals surface area contributed by atoms with Crippen molar-refractivity contribution in [1.82, 2.24) is 15.2 Å². The number of oxazole rings is 1. The summed E-state index contributed by atoms with van der Waals surface area (Å²) in [6, 6.07) is 6.35. The highest BCUT2D eigenvalue weighted by Crippen LogP contribution is 2.14. The van der Waals surface area contributed by atoms with Crippen LogP contribution in [0.4, 0.5) is 0 Å². The first-order valence-electron chi connectivity index (χ1n) is 6.24. The summed E-state index contributed by atoms with van der Waals surface area (Å²) in [7, 11) is 2.14. The fourth-order valence-electron chi connectivity index (χ4n) is 2.54. The molecule has 1 aliphatic rings. The van der Waals surface area contributed by atoms with Crippen molar-refractivity contribution in [2.45, 2.75) is 12.5 Å². The number of H-pyrrole nitrogens is 1. The normalized spacial score (nSPS) is 21.5. The lowest BCUT2D eigenvalue weighted by molar-refractivity contribution is 0.238. The van der Waals surface area contributed by atoms with Gasteiger partial charge >= 0.3 is 5.76 Å². The van der Waals surface area contributed by atoms with E-state index in [2.05, 4.69) is 22.2 Å². The summed E-state index contributed by atoms with van der Waals surface area (Å²) >= 11 is 0. The molecule has 2 N–H and O–H groups in total. The van der Waals surface area contributed by atoms with Crippen molar-refractivity contribution in [3.63, 3.8) is 0 Å². The van der Waals surface area contributed by atoms with Crippen LogP contribution in [0.2, 0.25) is 0 Å². The van der Waals surface area contributed by atoms with Crippen LogP contribution in [-0.4, -0.2) is 42.6 Å². The summed E-state index contributed by atoms with van der Waals surface area (Å²) in [4.78, 5) is 16.1. The molecule has 5 heteroatoms. The number of rotatable bonds is 2. The maximum absolute atomic E-state index is 11.1. The molecule has 1 aliphatic heterocycles. The van der Waals surface area contributed by atoms with Crippen molar-refractivity contribution < 1.29 is 4.42 Å². The van der Waals surface area contributed by atoms with Crippen LogP contribution in [0.5, 0.6) is 0 Å². The SMILES string of the molecule is CN1CCNC(Cc2ccc3oc(=O)[nH]c3c2)C1. The van der Waals surface area contributed by atoms with E-state index in [-0.39, 0.29) is 0 Å². The van der Waals surface area contributed by atoms with E-state index in [9.17, 15) is 4.79 Å². The molecule has 1 fully saturated rings. The molecule has 18 heavy (non-hydrogen) atoms. The number of aromatic nitrogens is 1. The third-order valence-corrected chi connectivity index (χ3v) is 3.42. The highest BCUT2D eigenvalue weighted by molar-refractivity contribution is 5.72. The van der Waals surface area contributed by atoms with E-state index in [0.717, 1.165) is 31.6 Å². The van der Waals surface area contributed by atoms with Gasteiger partial charge in [0.1, 0.15) is 0 Å². The second-order valence-corrected chi connectivity index (χ2v) is 4.96. The average Bonchev–Trinajstić information content (AvgIpc) is 2.68. The van der Waals surface area contributed by atoms with Crippen LogP contribution in [0.3, 0.4) is 0 Å². The molecule has 0 saturated carbocycles. The predicted octanol–water partition coefficient (Wildman–Crippen LogP) is 0.567. The molecule has 96 valence electrons. The van der Waals surface area contributed by atoms with Crippen molar-refractivity contribution in [2.75, 3.05) is 26.7 Å². The quantitative estimate of drug-likeness (QED) is 0.814. The zero-order valence-corrected chi connectivity index (χ0v) is 10.4. The Morgan fingerprint density at radius 2 is 2.39 bits per heavy atom. The predicted molar refractivity (Wildman–Crippen MR) is 69.8 cm³/mol. The molecule has 0 aliphatic carbocycles. The van der Waals surface area contributed by atoms with Crippen LogP contribution >= 0.6 is 0 Å². The second kappa shape index (κ2) is 4.59. The Morgan fingerprint density at radius 3 is 3.22 bits per heavy atom. The summed E-state index contributed by atoms with van der Waals surface area (Å²) in [5.74, 6) is -0.391. The summed E-state index contributed by atoms with van der Waals surface area (Å²) in [5.41, 5.74) is 2.62. The van der Waals surface area contributed by atoms with Crippen molar-refractivity contribution in [3.8, 4) is 0 Å². The number of piperazine rings is 1. The van der Waals surface area contributed by atoms with Gasteiger partial charge in [0.25, 0.3) is 0 Å². The maximum atomic E-state index is 11.1. The van der Waals surface area contributed by atoms with Gasteiger partial charge < -0.3 is 14.6 Å². The third kappa shape index (κ3) is 2.32. The fraction of sp³-hybridized carbons (Fsp3) is 0.462. The average molecular weight is 247 g/mol. The summed E-state index contributed by atoms with van der Waals surface area (Å²) in [6.07, 6.45) is 0.966. The van der Waals surface area contributed by atoms with Crippen molar-refractivity contribution >= 4 is 11.1 Å². The Kier molecular flexibility index (Phi) is 2.93. The molecule has 0 radical (unpaired) electrons. The van der Waals surface area contributed by atoms with Gasteiger partial charge in [0, 0.05) is 25.7 Å². The summed E-state index contributed by atoms with van der Waals surface area (Å²) in [6.45, 7) is 3.19. The lowest BCUT2D eigenvalue weighted by Gasteiger charge is -2.30. The molecule has 5 nitrogen and oxygen atoms in total. The van der Waals surface area contributed by atoms with Crippen molar-refractivity contribution in [3.05, 3.63) is 34.3 Å². The van der Waals surface area contributed by atoms with Crippen molar-refractivity contribution in [1.29, 1.82) is 0 Å². The molecule has 1 unspecified atom stereocenters. The number of hydrogen-bond donors (Lipinski definition) is 2. The van der Waals surface area contributed by atoms with Crippen LogP contribution in [0.15, 0.2) is 27.4 Å². The minimum Gasteiger partial charge on any atom is -0.408 e. The van der Waals surface area contributed by atoms with Gasteiger partial charge in [0.05, 0.1) is 5.52 Å². The molecule has 2 heterocycles. The molecule has 1 saturated heterocycles. The largest absolute Gasteiger partial charge is 0.417 e. The molecule has 1 aromatic carbocycles. The molecule has 1 aromatic heterocycles. The standard InChI is InChI=1S/C13H17N3O2/c1-16-5-4-14-10(8-16)6-9-2-3-12-11(7-9)15-13(17)18-12/h2-3,7,10,14H,4-6,8H2,1H3,(H,15,17). The highest BCUT2D eigenvalue weighted by atomic mass is 16.4. The third-order valence-electron chi connectivity index (χ3n) is 3.42. The molecule has 3 rings (SSSR count). The number of hydrogen-bond acceptors (Lipinski definition) is 4.